The summed E-state index contributed by atoms with van der Waals surface area (Å²) in [7, 11) is 1.36. The van der Waals surface area contributed by atoms with E-state index >= 15 is 0 Å². The van der Waals surface area contributed by atoms with Crippen LogP contribution < -0.4 is 4.74 Å². The zero-order valence-electron chi connectivity index (χ0n) is 19.2. The van der Waals surface area contributed by atoms with Crippen LogP contribution in [0.5, 0.6) is 11.5 Å². The van der Waals surface area contributed by atoms with Gasteiger partial charge in [0, 0.05) is 6.08 Å². The van der Waals surface area contributed by atoms with Crippen molar-refractivity contribution in [1.82, 2.24) is 0 Å². The predicted molar refractivity (Wildman–Crippen MR) is 116 cm³/mol. The molecule has 2 aliphatic rings. The lowest BCUT2D eigenvalue weighted by molar-refractivity contribution is -0.383. The van der Waals surface area contributed by atoms with Crippen LogP contribution in [0, 0.1) is 0 Å². The number of methoxy groups -OCH3 is 1. The number of phenols is 1. The number of carbonyl (C=O) groups excluding carboxylic acids is 1. The van der Waals surface area contributed by atoms with Crippen molar-refractivity contribution in [2.45, 2.75) is 54.8 Å². The van der Waals surface area contributed by atoms with Gasteiger partial charge in [-0.2, -0.15) is 0 Å². The van der Waals surface area contributed by atoms with Crippen LogP contribution in [-0.2, 0) is 23.7 Å². The topological polar surface area (TPSA) is 225 Å². The average molecular weight is 518 g/mol. The molecular weight excluding hydrogens is 488 g/mol. The molecule has 0 unspecified atom stereocenters. The Balaban J connectivity index is 1.64. The normalized spacial score (nSPS) is 36.8. The second-order valence-electron chi connectivity index (χ2n) is 8.27. The molecule has 0 radical (unpaired) electrons. The fourth-order valence-electron chi connectivity index (χ4n) is 3.79. The van der Waals surface area contributed by atoms with Gasteiger partial charge in [-0.25, -0.2) is 4.79 Å². The van der Waals surface area contributed by atoms with E-state index in [4.69, 9.17) is 23.7 Å². The summed E-state index contributed by atoms with van der Waals surface area (Å²) in [6.07, 6.45) is -11.1. The molecule has 1 aromatic rings. The van der Waals surface area contributed by atoms with Crippen molar-refractivity contribution in [3.63, 3.8) is 0 Å². The van der Waals surface area contributed by atoms with Gasteiger partial charge in [-0.15, -0.1) is 0 Å². The van der Waals surface area contributed by atoms with E-state index in [9.17, 15) is 45.6 Å². The fourth-order valence-corrected chi connectivity index (χ4v) is 3.79. The van der Waals surface area contributed by atoms with E-state index in [1.165, 1.54) is 31.4 Å². The molecule has 9 atom stereocenters. The summed E-state index contributed by atoms with van der Waals surface area (Å²) >= 11 is 0. The van der Waals surface area contributed by atoms with Gasteiger partial charge in [0.15, 0.2) is 17.8 Å². The highest BCUT2D eigenvalue weighted by Crippen LogP contribution is 2.36. The highest BCUT2D eigenvalue weighted by atomic mass is 16.8. The van der Waals surface area contributed by atoms with E-state index in [2.05, 4.69) is 0 Å². The van der Waals surface area contributed by atoms with Gasteiger partial charge in [-0.3, -0.25) is 0 Å². The van der Waals surface area contributed by atoms with Gasteiger partial charge in [0.25, 0.3) is 0 Å². The molecule has 2 saturated heterocycles. The first kappa shape index (κ1) is 28.2. The molecule has 1 aromatic carbocycles. The lowest BCUT2D eigenvalue weighted by Crippen LogP contribution is -2.62. The Kier molecular flexibility index (Phi) is 9.23. The van der Waals surface area contributed by atoms with Crippen LogP contribution in [0.4, 0.5) is 0 Å². The molecule has 0 saturated carbocycles. The number of aliphatic hydroxyl groups is 7. The third-order valence-electron chi connectivity index (χ3n) is 5.90. The van der Waals surface area contributed by atoms with E-state index in [0.717, 1.165) is 6.08 Å². The van der Waals surface area contributed by atoms with Crippen LogP contribution in [0.15, 0.2) is 24.3 Å². The molecule has 3 rings (SSSR count). The maximum atomic E-state index is 12.1. The molecular formula is C22H30O14. The number of rotatable bonds is 9. The SMILES string of the molecule is COc1cc(/C=C/C(=O)OC[C@H]2O[C@@H](O[C@]3(CO)O[C@H](CO)[C@@H](O)[C@@H]3O)[C@H](O)[C@@H](O)[C@@H]2O)ccc1O. The smallest absolute Gasteiger partial charge is 0.330 e. The first-order valence-corrected chi connectivity index (χ1v) is 10.9. The lowest BCUT2D eigenvalue weighted by Gasteiger charge is -2.43. The van der Waals surface area contributed by atoms with Crippen molar-refractivity contribution < 1.29 is 69.3 Å². The van der Waals surface area contributed by atoms with Gasteiger partial charge in [-0.1, -0.05) is 6.07 Å². The van der Waals surface area contributed by atoms with Gasteiger partial charge in [0.05, 0.1) is 13.7 Å². The zero-order chi connectivity index (χ0) is 26.6. The van der Waals surface area contributed by atoms with E-state index in [1.807, 2.05) is 0 Å². The minimum atomic E-state index is -2.32. The maximum Gasteiger partial charge on any atom is 0.330 e. The van der Waals surface area contributed by atoms with Crippen molar-refractivity contribution in [2.75, 3.05) is 26.9 Å². The van der Waals surface area contributed by atoms with E-state index in [0.29, 0.717) is 5.56 Å². The molecule has 0 spiro atoms. The number of ether oxygens (including phenoxy) is 5. The van der Waals surface area contributed by atoms with Gasteiger partial charge in [-0.05, 0) is 23.8 Å². The third kappa shape index (κ3) is 5.78. The van der Waals surface area contributed by atoms with Crippen molar-refractivity contribution in [1.29, 1.82) is 0 Å². The second kappa shape index (κ2) is 11.8. The number of benzene rings is 1. The molecule has 0 bridgehead atoms. The van der Waals surface area contributed by atoms with Crippen molar-refractivity contribution >= 4 is 12.0 Å². The largest absolute Gasteiger partial charge is 0.504 e. The standard InChI is InChI=1S/C22H30O14/c1-32-12-6-10(2-4-11(12)25)3-5-15(26)33-8-14-16(27)18(29)19(30)21(34-14)36-22(9-24)20(31)17(28)13(7-23)35-22/h2-6,13-14,16-21,23-25,27-31H,7-9H2,1H3/b5-3+/t13-,14-,16-,17-,18+,19-,20+,21+,22+/m1/s1. The second-order valence-corrected chi connectivity index (χ2v) is 8.27. The molecule has 0 aliphatic carbocycles. The number of carbonyl (C=O) groups is 1. The zero-order valence-corrected chi connectivity index (χ0v) is 19.2. The molecule has 36 heavy (non-hydrogen) atoms. The van der Waals surface area contributed by atoms with Gasteiger partial charge in [0.2, 0.25) is 5.79 Å². The molecule has 2 aliphatic heterocycles. The monoisotopic (exact) mass is 518 g/mol. The molecule has 14 nitrogen and oxygen atoms in total. The number of hydrogen-bond donors (Lipinski definition) is 8. The Bertz CT molecular complexity index is 924. The van der Waals surface area contributed by atoms with Crippen LogP contribution in [0.2, 0.25) is 0 Å². The van der Waals surface area contributed by atoms with E-state index in [-0.39, 0.29) is 11.5 Å². The summed E-state index contributed by atoms with van der Waals surface area (Å²) in [6.45, 7) is -2.34. The lowest BCUT2D eigenvalue weighted by atomic mass is 9.99. The quantitative estimate of drug-likeness (QED) is 0.118. The van der Waals surface area contributed by atoms with Gasteiger partial charge < -0.3 is 64.5 Å². The van der Waals surface area contributed by atoms with Crippen molar-refractivity contribution in [3.05, 3.63) is 29.8 Å². The molecule has 14 heteroatoms. The maximum absolute atomic E-state index is 12.1. The van der Waals surface area contributed by atoms with Gasteiger partial charge >= 0.3 is 5.97 Å². The summed E-state index contributed by atoms with van der Waals surface area (Å²) in [4.78, 5) is 12.1. The molecule has 8 N–H and O–H groups in total. The van der Waals surface area contributed by atoms with Crippen LogP contribution in [0.1, 0.15) is 5.56 Å². The summed E-state index contributed by atoms with van der Waals surface area (Å²) in [5.74, 6) is -3.07. The molecule has 202 valence electrons. The molecule has 2 heterocycles. The number of aliphatic hydroxyl groups excluding tert-OH is 7. The minimum absolute atomic E-state index is 0.0851. The Morgan fingerprint density at radius 3 is 2.39 bits per heavy atom. The average Bonchev–Trinajstić information content (AvgIpc) is 3.12. The number of aromatic hydroxyl groups is 1. The Hall–Kier alpha value is -2.37. The van der Waals surface area contributed by atoms with Crippen molar-refractivity contribution in [3.8, 4) is 11.5 Å². The first-order chi connectivity index (χ1) is 17.1. The number of phenolic OH excluding ortho intramolecular Hbond substituents is 1. The Morgan fingerprint density at radius 2 is 1.78 bits per heavy atom. The summed E-state index contributed by atoms with van der Waals surface area (Å²) < 4.78 is 26.0. The predicted octanol–water partition coefficient (Wildman–Crippen LogP) is -3.42. The van der Waals surface area contributed by atoms with Crippen LogP contribution in [0.25, 0.3) is 6.08 Å². The fraction of sp³-hybridized carbons (Fsp3) is 0.591. The highest BCUT2D eigenvalue weighted by Gasteiger charge is 2.58. The van der Waals surface area contributed by atoms with Crippen LogP contribution >= 0.6 is 0 Å². The summed E-state index contributed by atoms with van der Waals surface area (Å²) in [6, 6.07) is 4.36. The summed E-state index contributed by atoms with van der Waals surface area (Å²) in [5, 5.41) is 79.6. The Morgan fingerprint density at radius 1 is 1.06 bits per heavy atom. The highest BCUT2D eigenvalue weighted by molar-refractivity contribution is 5.87. The molecule has 2 fully saturated rings. The molecule has 0 aromatic heterocycles. The van der Waals surface area contributed by atoms with Gasteiger partial charge in [0.1, 0.15) is 55.9 Å². The summed E-state index contributed by atoms with van der Waals surface area (Å²) in [5.41, 5.74) is 0.510. The van der Waals surface area contributed by atoms with Crippen LogP contribution in [0.3, 0.4) is 0 Å². The number of hydrogen-bond acceptors (Lipinski definition) is 14. The number of esters is 1. The minimum Gasteiger partial charge on any atom is -0.504 e. The Labute approximate surface area is 205 Å². The first-order valence-electron chi connectivity index (χ1n) is 10.9. The van der Waals surface area contributed by atoms with Crippen LogP contribution in [-0.4, -0.2) is 129 Å². The molecule has 0 amide bonds. The van der Waals surface area contributed by atoms with E-state index < -0.39 is 80.6 Å². The van der Waals surface area contributed by atoms with E-state index in [1.54, 1.807) is 0 Å². The van der Waals surface area contributed by atoms with Crippen molar-refractivity contribution in [2.24, 2.45) is 0 Å². The third-order valence-corrected chi connectivity index (χ3v) is 5.90.